The molecule has 0 aliphatic carbocycles. The summed E-state index contributed by atoms with van der Waals surface area (Å²) in [5, 5.41) is 2.59. The molecule has 15 heavy (non-hydrogen) atoms. The average Bonchev–Trinajstić information content (AvgIpc) is 2.63. The van der Waals surface area contributed by atoms with Crippen molar-refractivity contribution in [1.82, 2.24) is 4.98 Å². The van der Waals surface area contributed by atoms with Crippen LogP contribution in [0.3, 0.4) is 0 Å². The van der Waals surface area contributed by atoms with E-state index < -0.39 is 0 Å². The Morgan fingerprint density at radius 2 is 2.07 bits per heavy atom. The second-order valence-corrected chi connectivity index (χ2v) is 4.91. The van der Waals surface area contributed by atoms with Gasteiger partial charge in [0.25, 0.3) is 0 Å². The average molecular weight is 237 g/mol. The topological polar surface area (TPSA) is 64.9 Å². The molecule has 0 amide bonds. The van der Waals surface area contributed by atoms with Gasteiger partial charge in [0, 0.05) is 21.7 Å². The molecule has 1 heterocycles. The Morgan fingerprint density at radius 3 is 2.73 bits per heavy atom. The number of nitrogen functional groups attached to an aromatic ring is 2. The number of anilines is 2. The van der Waals surface area contributed by atoms with E-state index in [0.717, 1.165) is 22.0 Å². The molecule has 0 fully saturated rings. The Bertz CT molecular complexity index is 453. The number of aromatic nitrogens is 1. The van der Waals surface area contributed by atoms with Gasteiger partial charge in [0.05, 0.1) is 5.69 Å². The lowest BCUT2D eigenvalue weighted by Crippen LogP contribution is -1.89. The zero-order valence-electron chi connectivity index (χ0n) is 8.01. The van der Waals surface area contributed by atoms with Crippen molar-refractivity contribution in [3.63, 3.8) is 0 Å². The van der Waals surface area contributed by atoms with Gasteiger partial charge in [-0.1, -0.05) is 12.1 Å². The summed E-state index contributed by atoms with van der Waals surface area (Å²) in [5.74, 6) is 0.807. The number of rotatable bonds is 3. The van der Waals surface area contributed by atoms with Crippen LogP contribution < -0.4 is 11.5 Å². The molecular formula is C10H11N3S2. The lowest BCUT2D eigenvalue weighted by atomic mass is 10.3. The first-order valence-corrected chi connectivity index (χ1v) is 6.29. The second-order valence-electron chi connectivity index (χ2n) is 3.00. The van der Waals surface area contributed by atoms with Crippen molar-refractivity contribution in [3.8, 4) is 0 Å². The summed E-state index contributed by atoms with van der Waals surface area (Å²) in [4.78, 5) is 5.28. The third kappa shape index (κ3) is 2.64. The maximum atomic E-state index is 5.83. The minimum Gasteiger partial charge on any atom is -0.398 e. The number of thioether (sulfide) groups is 1. The molecule has 5 heteroatoms. The molecule has 0 saturated carbocycles. The number of hydrogen-bond acceptors (Lipinski definition) is 5. The normalized spacial score (nSPS) is 10.4. The number of nitrogens with zero attached hydrogens (tertiary/aromatic N) is 1. The van der Waals surface area contributed by atoms with Crippen LogP contribution >= 0.6 is 23.1 Å². The number of para-hydroxylation sites is 1. The van der Waals surface area contributed by atoms with E-state index in [4.69, 9.17) is 11.5 Å². The summed E-state index contributed by atoms with van der Waals surface area (Å²) in [7, 11) is 0. The highest BCUT2D eigenvalue weighted by Crippen LogP contribution is 2.28. The van der Waals surface area contributed by atoms with Crippen molar-refractivity contribution in [3.05, 3.63) is 35.3 Å². The highest BCUT2D eigenvalue weighted by Gasteiger charge is 2.02. The summed E-state index contributed by atoms with van der Waals surface area (Å²) >= 11 is 3.14. The van der Waals surface area contributed by atoms with Gasteiger partial charge in [0.15, 0.2) is 5.13 Å². The highest BCUT2D eigenvalue weighted by atomic mass is 32.2. The standard InChI is InChI=1S/C10H11N3S2/c11-8-3-1-2-4-9(8)14-5-7-6-15-10(12)13-7/h1-4,6H,5,11H2,(H2,12,13). The molecule has 2 aromatic rings. The molecule has 1 aromatic heterocycles. The van der Waals surface area contributed by atoms with E-state index in [9.17, 15) is 0 Å². The van der Waals surface area contributed by atoms with Crippen molar-refractivity contribution in [2.75, 3.05) is 11.5 Å². The first-order chi connectivity index (χ1) is 7.25. The lowest BCUT2D eigenvalue weighted by molar-refractivity contribution is 1.24. The fourth-order valence-electron chi connectivity index (χ4n) is 1.15. The molecule has 0 aliphatic heterocycles. The SMILES string of the molecule is Nc1nc(CSc2ccccc2N)cs1. The predicted octanol–water partition coefficient (Wildman–Crippen LogP) is 2.60. The summed E-state index contributed by atoms with van der Waals surface area (Å²) < 4.78 is 0. The minimum absolute atomic E-state index is 0.617. The summed E-state index contributed by atoms with van der Waals surface area (Å²) in [5.41, 5.74) is 13.2. The van der Waals surface area contributed by atoms with Gasteiger partial charge < -0.3 is 11.5 Å². The van der Waals surface area contributed by atoms with E-state index in [1.807, 2.05) is 29.6 Å². The molecule has 0 unspecified atom stereocenters. The van der Waals surface area contributed by atoms with Crippen molar-refractivity contribution in [1.29, 1.82) is 0 Å². The molecule has 0 bridgehead atoms. The summed E-state index contributed by atoms with van der Waals surface area (Å²) in [6.45, 7) is 0. The molecule has 2 rings (SSSR count). The smallest absolute Gasteiger partial charge is 0.180 e. The van der Waals surface area contributed by atoms with E-state index in [2.05, 4.69) is 4.98 Å². The van der Waals surface area contributed by atoms with E-state index in [1.165, 1.54) is 11.3 Å². The molecule has 1 aromatic carbocycles. The largest absolute Gasteiger partial charge is 0.398 e. The van der Waals surface area contributed by atoms with Crippen LogP contribution in [0.2, 0.25) is 0 Å². The molecule has 78 valence electrons. The Hall–Kier alpha value is -1.20. The molecule has 0 atom stereocenters. The van der Waals surface area contributed by atoms with Crippen LogP contribution in [-0.2, 0) is 5.75 Å². The zero-order valence-corrected chi connectivity index (χ0v) is 9.65. The molecule has 0 saturated heterocycles. The van der Waals surface area contributed by atoms with Gasteiger partial charge >= 0.3 is 0 Å². The van der Waals surface area contributed by atoms with Crippen LogP contribution in [0.5, 0.6) is 0 Å². The molecule has 3 nitrogen and oxygen atoms in total. The van der Waals surface area contributed by atoms with E-state index in [-0.39, 0.29) is 0 Å². The molecule has 0 aliphatic rings. The van der Waals surface area contributed by atoms with Crippen molar-refractivity contribution < 1.29 is 0 Å². The van der Waals surface area contributed by atoms with E-state index in [0.29, 0.717) is 5.13 Å². The molecule has 4 N–H and O–H groups in total. The number of hydrogen-bond donors (Lipinski definition) is 2. The van der Waals surface area contributed by atoms with Gasteiger partial charge in [0.1, 0.15) is 0 Å². The van der Waals surface area contributed by atoms with E-state index in [1.54, 1.807) is 11.8 Å². The third-order valence-electron chi connectivity index (χ3n) is 1.86. The number of nitrogens with two attached hydrogens (primary N) is 2. The van der Waals surface area contributed by atoms with Gasteiger partial charge in [0.2, 0.25) is 0 Å². The van der Waals surface area contributed by atoms with Crippen molar-refractivity contribution >= 4 is 33.9 Å². The first-order valence-electron chi connectivity index (χ1n) is 4.43. The minimum atomic E-state index is 0.617. The van der Waals surface area contributed by atoms with Gasteiger partial charge in [-0.25, -0.2) is 4.98 Å². The van der Waals surface area contributed by atoms with E-state index >= 15 is 0 Å². The Labute approximate surface area is 96.5 Å². The fourth-order valence-corrected chi connectivity index (χ4v) is 2.68. The predicted molar refractivity (Wildman–Crippen MR) is 66.9 cm³/mol. The van der Waals surface area contributed by atoms with Crippen molar-refractivity contribution in [2.45, 2.75) is 10.6 Å². The first kappa shape index (κ1) is 10.3. The van der Waals surface area contributed by atoms with Crippen LogP contribution in [0.25, 0.3) is 0 Å². The molecule has 0 spiro atoms. The van der Waals surface area contributed by atoms with Gasteiger partial charge in [-0.05, 0) is 12.1 Å². The molecule has 0 radical (unpaired) electrons. The maximum absolute atomic E-state index is 5.83. The number of thiazole rings is 1. The lowest BCUT2D eigenvalue weighted by Gasteiger charge is -2.02. The van der Waals surface area contributed by atoms with Crippen LogP contribution in [0, 0.1) is 0 Å². The quantitative estimate of drug-likeness (QED) is 0.636. The Kier molecular flexibility index (Phi) is 3.13. The van der Waals surface area contributed by atoms with Gasteiger partial charge in [-0.2, -0.15) is 0 Å². The highest BCUT2D eigenvalue weighted by molar-refractivity contribution is 7.98. The summed E-state index contributed by atoms with van der Waals surface area (Å²) in [6, 6.07) is 7.82. The van der Waals surface area contributed by atoms with Crippen LogP contribution in [0.15, 0.2) is 34.5 Å². The zero-order chi connectivity index (χ0) is 10.7. The monoisotopic (exact) mass is 237 g/mol. The second kappa shape index (κ2) is 4.55. The maximum Gasteiger partial charge on any atom is 0.180 e. The Morgan fingerprint density at radius 1 is 1.27 bits per heavy atom. The van der Waals surface area contributed by atoms with Gasteiger partial charge in [-0.15, -0.1) is 23.1 Å². The van der Waals surface area contributed by atoms with Crippen LogP contribution in [0.4, 0.5) is 10.8 Å². The van der Waals surface area contributed by atoms with Gasteiger partial charge in [-0.3, -0.25) is 0 Å². The third-order valence-corrected chi connectivity index (χ3v) is 3.71. The fraction of sp³-hybridized carbons (Fsp3) is 0.100. The Balaban J connectivity index is 2.02. The summed E-state index contributed by atoms with van der Waals surface area (Å²) in [6.07, 6.45) is 0. The molecular weight excluding hydrogens is 226 g/mol. The number of benzene rings is 1. The van der Waals surface area contributed by atoms with Crippen molar-refractivity contribution in [2.24, 2.45) is 0 Å². The van der Waals surface area contributed by atoms with Crippen LogP contribution in [0.1, 0.15) is 5.69 Å². The van der Waals surface area contributed by atoms with Crippen LogP contribution in [-0.4, -0.2) is 4.98 Å².